The Morgan fingerprint density at radius 3 is 2.56 bits per heavy atom. The van der Waals surface area contributed by atoms with Crippen LogP contribution in [-0.4, -0.2) is 40.8 Å². The van der Waals surface area contributed by atoms with Gasteiger partial charge in [-0.15, -0.1) is 0 Å². The molecule has 1 aromatic heterocycles. The second-order valence-electron chi connectivity index (χ2n) is 6.60. The van der Waals surface area contributed by atoms with Crippen LogP contribution >= 0.6 is 0 Å². The van der Waals surface area contributed by atoms with E-state index in [2.05, 4.69) is 5.32 Å². The van der Waals surface area contributed by atoms with Gasteiger partial charge in [0.1, 0.15) is 5.76 Å². The molecule has 1 aromatic carbocycles. The third kappa shape index (κ3) is 4.52. The molecule has 0 radical (unpaired) electrons. The first-order valence-corrected chi connectivity index (χ1v) is 8.81. The van der Waals surface area contributed by atoms with Crippen LogP contribution in [0.4, 0.5) is 5.69 Å². The van der Waals surface area contributed by atoms with Crippen LogP contribution in [0.3, 0.4) is 0 Å². The molecule has 0 aliphatic carbocycles. The quantitative estimate of drug-likeness (QED) is 0.642. The summed E-state index contributed by atoms with van der Waals surface area (Å²) in [6.45, 7) is 2.78. The summed E-state index contributed by atoms with van der Waals surface area (Å²) in [6.07, 6.45) is 1.27. The average molecular weight is 371 g/mol. The highest BCUT2D eigenvalue weighted by Gasteiger charge is 2.26. The first kappa shape index (κ1) is 18.6. The molecule has 3 rings (SSSR count). The minimum absolute atomic E-state index is 0.000147. The van der Waals surface area contributed by atoms with Crippen LogP contribution in [0.15, 0.2) is 40.8 Å². The monoisotopic (exact) mass is 371 g/mol. The third-order valence-electron chi connectivity index (χ3n) is 4.68. The van der Waals surface area contributed by atoms with E-state index in [-0.39, 0.29) is 35.7 Å². The number of furan rings is 1. The molecule has 2 aromatic rings. The lowest BCUT2D eigenvalue weighted by atomic mass is 10.0. The predicted octanol–water partition coefficient (Wildman–Crippen LogP) is 2.46. The van der Waals surface area contributed by atoms with Gasteiger partial charge < -0.3 is 14.6 Å². The van der Waals surface area contributed by atoms with Crippen molar-refractivity contribution in [2.45, 2.75) is 32.2 Å². The molecule has 0 saturated carbocycles. The maximum Gasteiger partial charge on any atom is 0.287 e. The Kier molecular flexibility index (Phi) is 5.54. The molecule has 1 saturated heterocycles. The molecular formula is C19H21N3O5. The van der Waals surface area contributed by atoms with Gasteiger partial charge in [-0.1, -0.05) is 18.2 Å². The summed E-state index contributed by atoms with van der Waals surface area (Å²) in [7, 11) is 0. The number of nitro groups is 1. The Balaban J connectivity index is 1.52. The summed E-state index contributed by atoms with van der Waals surface area (Å²) in [5.74, 6) is 0.557. The highest BCUT2D eigenvalue weighted by Crippen LogP contribution is 2.20. The minimum atomic E-state index is -0.471. The van der Waals surface area contributed by atoms with E-state index in [0.717, 1.165) is 0 Å². The van der Waals surface area contributed by atoms with Crippen molar-refractivity contribution >= 4 is 17.5 Å². The predicted molar refractivity (Wildman–Crippen MR) is 97.3 cm³/mol. The molecule has 2 heterocycles. The number of nitrogens with one attached hydrogen (secondary N) is 1. The molecule has 1 fully saturated rings. The van der Waals surface area contributed by atoms with E-state index in [1.54, 1.807) is 42.2 Å². The van der Waals surface area contributed by atoms with Gasteiger partial charge in [-0.2, -0.15) is 0 Å². The van der Waals surface area contributed by atoms with Crippen LogP contribution in [0, 0.1) is 17.0 Å². The number of aryl methyl sites for hydroxylation is 1. The number of carbonyl (C=O) groups excluding carboxylic acids is 2. The smallest absolute Gasteiger partial charge is 0.287 e. The topological polar surface area (TPSA) is 106 Å². The summed E-state index contributed by atoms with van der Waals surface area (Å²) >= 11 is 0. The number of benzene rings is 1. The van der Waals surface area contributed by atoms with E-state index in [1.165, 1.54) is 6.07 Å². The molecule has 0 atom stereocenters. The zero-order valence-electron chi connectivity index (χ0n) is 15.0. The van der Waals surface area contributed by atoms with Gasteiger partial charge in [0.15, 0.2) is 5.76 Å². The summed E-state index contributed by atoms with van der Waals surface area (Å²) in [5.41, 5.74) is 0.373. The van der Waals surface area contributed by atoms with Gasteiger partial charge in [0.05, 0.1) is 11.3 Å². The van der Waals surface area contributed by atoms with E-state index >= 15 is 0 Å². The van der Waals surface area contributed by atoms with Crippen LogP contribution in [0.2, 0.25) is 0 Å². The summed E-state index contributed by atoms with van der Waals surface area (Å²) in [4.78, 5) is 36.9. The van der Waals surface area contributed by atoms with Gasteiger partial charge in [-0.05, 0) is 31.9 Å². The number of hydrogen-bond acceptors (Lipinski definition) is 5. The first-order chi connectivity index (χ1) is 12.9. The number of nitrogens with zero attached hydrogens (tertiary/aromatic N) is 2. The zero-order valence-corrected chi connectivity index (χ0v) is 15.0. The number of likely N-dealkylation sites (tertiary alicyclic amines) is 1. The van der Waals surface area contributed by atoms with Gasteiger partial charge >= 0.3 is 0 Å². The largest absolute Gasteiger partial charge is 0.456 e. The van der Waals surface area contributed by atoms with Crippen molar-refractivity contribution < 1.29 is 18.9 Å². The van der Waals surface area contributed by atoms with Crippen molar-refractivity contribution in [3.8, 4) is 0 Å². The lowest BCUT2D eigenvalue weighted by Gasteiger charge is -2.32. The van der Waals surface area contributed by atoms with Crippen LogP contribution in [0.25, 0.3) is 0 Å². The molecule has 8 heteroatoms. The van der Waals surface area contributed by atoms with Gasteiger partial charge in [0.25, 0.3) is 11.6 Å². The molecule has 0 spiro atoms. The highest BCUT2D eigenvalue weighted by atomic mass is 16.6. The summed E-state index contributed by atoms with van der Waals surface area (Å²) < 4.78 is 5.31. The van der Waals surface area contributed by atoms with Crippen molar-refractivity contribution in [1.29, 1.82) is 0 Å². The van der Waals surface area contributed by atoms with Crippen LogP contribution in [-0.2, 0) is 11.2 Å². The third-order valence-corrected chi connectivity index (χ3v) is 4.68. The van der Waals surface area contributed by atoms with E-state index in [4.69, 9.17) is 4.42 Å². The van der Waals surface area contributed by atoms with Crippen molar-refractivity contribution in [2.24, 2.45) is 0 Å². The summed E-state index contributed by atoms with van der Waals surface area (Å²) in [5, 5.41) is 14.0. The molecule has 0 bridgehead atoms. The molecule has 2 amide bonds. The lowest BCUT2D eigenvalue weighted by molar-refractivity contribution is -0.385. The van der Waals surface area contributed by atoms with Crippen molar-refractivity contribution in [3.63, 3.8) is 0 Å². The second-order valence-corrected chi connectivity index (χ2v) is 6.60. The first-order valence-electron chi connectivity index (χ1n) is 8.81. The van der Waals surface area contributed by atoms with Crippen molar-refractivity contribution in [1.82, 2.24) is 10.2 Å². The molecule has 27 heavy (non-hydrogen) atoms. The van der Waals surface area contributed by atoms with E-state index in [0.29, 0.717) is 37.3 Å². The Labute approximate surface area is 156 Å². The van der Waals surface area contributed by atoms with Crippen molar-refractivity contribution in [3.05, 3.63) is 63.6 Å². The molecule has 1 aliphatic rings. The standard InChI is InChI=1S/C19H21N3O5/c1-13-6-7-17(27-13)19(24)20-15-8-10-21(11-9-15)18(23)12-14-4-2-3-5-16(14)22(25)26/h2-7,15H,8-12H2,1H3,(H,20,24). The molecular weight excluding hydrogens is 350 g/mol. The number of hydrogen-bond donors (Lipinski definition) is 1. The normalized spacial score (nSPS) is 14.8. The second kappa shape index (κ2) is 8.03. The van der Waals surface area contributed by atoms with E-state index in [1.807, 2.05) is 0 Å². The molecule has 1 aliphatic heterocycles. The fourth-order valence-electron chi connectivity index (χ4n) is 3.20. The highest BCUT2D eigenvalue weighted by molar-refractivity contribution is 5.91. The fraction of sp³-hybridized carbons (Fsp3) is 0.368. The maximum absolute atomic E-state index is 12.5. The summed E-state index contributed by atoms with van der Waals surface area (Å²) in [6, 6.07) is 9.62. The Morgan fingerprint density at radius 2 is 1.93 bits per heavy atom. The Bertz CT molecular complexity index is 853. The number of amides is 2. The van der Waals surface area contributed by atoms with Gasteiger partial charge in [-0.25, -0.2) is 0 Å². The van der Waals surface area contributed by atoms with E-state index < -0.39 is 4.92 Å². The van der Waals surface area contributed by atoms with Gasteiger partial charge in [-0.3, -0.25) is 19.7 Å². The van der Waals surface area contributed by atoms with E-state index in [9.17, 15) is 19.7 Å². The minimum Gasteiger partial charge on any atom is -0.456 e. The number of piperidine rings is 1. The van der Waals surface area contributed by atoms with Crippen molar-refractivity contribution in [2.75, 3.05) is 13.1 Å². The lowest BCUT2D eigenvalue weighted by Crippen LogP contribution is -2.46. The fourth-order valence-corrected chi connectivity index (χ4v) is 3.20. The van der Waals surface area contributed by atoms with Crippen LogP contribution in [0.1, 0.15) is 34.7 Å². The maximum atomic E-state index is 12.5. The zero-order chi connectivity index (χ0) is 19.4. The Morgan fingerprint density at radius 1 is 1.22 bits per heavy atom. The van der Waals surface area contributed by atoms with Gasteiger partial charge in [0, 0.05) is 30.8 Å². The molecule has 8 nitrogen and oxygen atoms in total. The molecule has 0 unspecified atom stereocenters. The average Bonchev–Trinajstić information content (AvgIpc) is 3.09. The number of nitro benzene ring substituents is 1. The number of para-hydroxylation sites is 1. The van der Waals surface area contributed by atoms with Crippen LogP contribution < -0.4 is 5.32 Å². The SMILES string of the molecule is Cc1ccc(C(=O)NC2CCN(C(=O)Cc3ccccc3[N+](=O)[O-])CC2)o1. The molecule has 142 valence electrons. The number of carbonyl (C=O) groups is 2. The van der Waals surface area contributed by atoms with Crippen LogP contribution in [0.5, 0.6) is 0 Å². The van der Waals surface area contributed by atoms with Gasteiger partial charge in [0.2, 0.25) is 5.91 Å². The molecule has 1 N–H and O–H groups in total. The Hall–Kier alpha value is -3.16. The number of rotatable bonds is 5.